The first kappa shape index (κ1) is 22.3. The van der Waals surface area contributed by atoms with E-state index in [4.69, 9.17) is 9.73 Å². The summed E-state index contributed by atoms with van der Waals surface area (Å²) in [5.74, 6) is 1.62. The fraction of sp³-hybridized carbons (Fsp3) is 0.875. The maximum Gasteiger partial charge on any atom is 0.409 e. The highest BCUT2D eigenvalue weighted by molar-refractivity contribution is 14.0. The number of hydrogen-bond acceptors (Lipinski definition) is 3. The average molecular weight is 440 g/mol. The van der Waals surface area contributed by atoms with Crippen molar-refractivity contribution in [3.8, 4) is 0 Å². The van der Waals surface area contributed by atoms with E-state index >= 15 is 0 Å². The molecular formula is C16H33IN4O2. The Bertz CT molecular complexity index is 354. The molecule has 1 heterocycles. The maximum atomic E-state index is 11.7. The monoisotopic (exact) mass is 440 g/mol. The van der Waals surface area contributed by atoms with Crippen molar-refractivity contribution < 1.29 is 9.53 Å². The molecule has 1 fully saturated rings. The average Bonchev–Trinajstić information content (AvgIpc) is 2.55. The van der Waals surface area contributed by atoms with Crippen LogP contribution >= 0.6 is 24.0 Å². The van der Waals surface area contributed by atoms with E-state index in [-0.39, 0.29) is 30.1 Å². The topological polar surface area (TPSA) is 57.2 Å². The lowest BCUT2D eigenvalue weighted by Gasteiger charge is -2.36. The summed E-state index contributed by atoms with van der Waals surface area (Å²) in [6.45, 7) is 13.5. The number of hydrogen-bond donors (Lipinski definition) is 1. The number of nitrogens with one attached hydrogen (secondary N) is 1. The third kappa shape index (κ3) is 7.58. The Hall–Kier alpha value is -0.730. The fourth-order valence-corrected chi connectivity index (χ4v) is 2.50. The zero-order chi connectivity index (χ0) is 16.4. The van der Waals surface area contributed by atoms with Gasteiger partial charge in [0.1, 0.15) is 0 Å². The highest BCUT2D eigenvalue weighted by atomic mass is 127. The minimum Gasteiger partial charge on any atom is -0.450 e. The van der Waals surface area contributed by atoms with Crippen LogP contribution in [0.1, 0.15) is 40.5 Å². The molecule has 1 amide bonds. The van der Waals surface area contributed by atoms with Crippen molar-refractivity contribution in [1.82, 2.24) is 15.1 Å². The fourth-order valence-electron chi connectivity index (χ4n) is 2.50. The van der Waals surface area contributed by atoms with Crippen molar-refractivity contribution in [2.45, 2.75) is 40.5 Å². The third-order valence-corrected chi connectivity index (χ3v) is 4.09. The largest absolute Gasteiger partial charge is 0.450 e. The van der Waals surface area contributed by atoms with Gasteiger partial charge in [0, 0.05) is 39.3 Å². The van der Waals surface area contributed by atoms with Gasteiger partial charge >= 0.3 is 6.09 Å². The molecule has 0 unspecified atom stereocenters. The maximum absolute atomic E-state index is 11.7. The van der Waals surface area contributed by atoms with Crippen LogP contribution in [0.3, 0.4) is 0 Å². The molecule has 0 atom stereocenters. The zero-order valence-corrected chi connectivity index (χ0v) is 17.3. The predicted octanol–water partition coefficient (Wildman–Crippen LogP) is 2.78. The molecule has 0 bridgehead atoms. The zero-order valence-electron chi connectivity index (χ0n) is 15.0. The number of guanidine groups is 1. The summed E-state index contributed by atoms with van der Waals surface area (Å²) in [6.07, 6.45) is 2.12. The molecule has 0 radical (unpaired) electrons. The standard InChI is InChI=1S/C16H32N4O2.HI/c1-5-14(6-2)13-18-15(17-7-3)19-9-11-20(12-10-19)16(21)22-8-4;/h14H,5-13H2,1-4H3,(H,17,18);1H. The second-order valence-corrected chi connectivity index (χ2v) is 5.55. The van der Waals surface area contributed by atoms with Crippen LogP contribution in [0.5, 0.6) is 0 Å². The number of carbonyl (C=O) groups excluding carboxylic acids is 1. The number of piperazine rings is 1. The Balaban J connectivity index is 0.00000484. The second kappa shape index (κ2) is 12.7. The summed E-state index contributed by atoms with van der Waals surface area (Å²) >= 11 is 0. The van der Waals surface area contributed by atoms with Crippen LogP contribution in [0.4, 0.5) is 4.79 Å². The predicted molar refractivity (Wildman–Crippen MR) is 106 cm³/mol. The van der Waals surface area contributed by atoms with Crippen molar-refractivity contribution in [3.63, 3.8) is 0 Å². The van der Waals surface area contributed by atoms with Crippen LogP contribution in [0.15, 0.2) is 4.99 Å². The minimum atomic E-state index is -0.207. The molecule has 0 aliphatic carbocycles. The molecule has 1 aliphatic heterocycles. The van der Waals surface area contributed by atoms with Crippen LogP contribution in [0.2, 0.25) is 0 Å². The summed E-state index contributed by atoms with van der Waals surface area (Å²) < 4.78 is 5.06. The van der Waals surface area contributed by atoms with Gasteiger partial charge in [-0.15, -0.1) is 24.0 Å². The SMILES string of the molecule is CCNC(=NCC(CC)CC)N1CCN(C(=O)OCC)CC1.I. The Morgan fingerprint density at radius 3 is 2.13 bits per heavy atom. The van der Waals surface area contributed by atoms with E-state index in [1.807, 2.05) is 6.92 Å². The van der Waals surface area contributed by atoms with Crippen LogP contribution in [-0.4, -0.2) is 67.7 Å². The first-order valence-corrected chi connectivity index (χ1v) is 8.61. The van der Waals surface area contributed by atoms with Crippen LogP contribution in [0.25, 0.3) is 0 Å². The van der Waals surface area contributed by atoms with Gasteiger partial charge in [-0.1, -0.05) is 26.7 Å². The highest BCUT2D eigenvalue weighted by Gasteiger charge is 2.23. The highest BCUT2D eigenvalue weighted by Crippen LogP contribution is 2.09. The summed E-state index contributed by atoms with van der Waals surface area (Å²) in [7, 11) is 0. The number of amides is 1. The Labute approximate surface area is 158 Å². The lowest BCUT2D eigenvalue weighted by atomic mass is 10.0. The Kier molecular flexibility index (Phi) is 12.3. The van der Waals surface area contributed by atoms with Crippen LogP contribution < -0.4 is 5.32 Å². The molecule has 1 saturated heterocycles. The van der Waals surface area contributed by atoms with E-state index in [1.54, 1.807) is 4.90 Å². The molecule has 0 aromatic rings. The number of nitrogens with zero attached hydrogens (tertiary/aromatic N) is 3. The van der Waals surface area contributed by atoms with E-state index < -0.39 is 0 Å². The van der Waals surface area contributed by atoms with E-state index in [0.717, 1.165) is 45.0 Å². The molecule has 0 saturated carbocycles. The molecule has 0 aromatic heterocycles. The van der Waals surface area contributed by atoms with E-state index in [0.29, 0.717) is 25.6 Å². The van der Waals surface area contributed by atoms with Crippen molar-refractivity contribution in [2.75, 3.05) is 45.9 Å². The quantitative estimate of drug-likeness (QED) is 0.392. The molecule has 0 spiro atoms. The molecule has 1 rings (SSSR count). The van der Waals surface area contributed by atoms with Gasteiger partial charge in [-0.05, 0) is 19.8 Å². The first-order chi connectivity index (χ1) is 10.7. The second-order valence-electron chi connectivity index (χ2n) is 5.55. The molecule has 1 aliphatic rings. The summed E-state index contributed by atoms with van der Waals surface area (Å²) in [4.78, 5) is 20.5. The first-order valence-electron chi connectivity index (χ1n) is 8.61. The molecule has 136 valence electrons. The lowest BCUT2D eigenvalue weighted by Crippen LogP contribution is -2.54. The van der Waals surface area contributed by atoms with Gasteiger partial charge in [0.25, 0.3) is 0 Å². The molecule has 23 heavy (non-hydrogen) atoms. The lowest BCUT2D eigenvalue weighted by molar-refractivity contribution is 0.0914. The number of rotatable bonds is 6. The molecule has 1 N–H and O–H groups in total. The van der Waals surface area contributed by atoms with Gasteiger partial charge in [-0.2, -0.15) is 0 Å². The molecular weight excluding hydrogens is 407 g/mol. The van der Waals surface area contributed by atoms with Crippen molar-refractivity contribution >= 4 is 36.0 Å². The number of carbonyl (C=O) groups is 1. The molecule has 6 nitrogen and oxygen atoms in total. The van der Waals surface area contributed by atoms with Gasteiger partial charge in [-0.3, -0.25) is 4.99 Å². The van der Waals surface area contributed by atoms with Gasteiger partial charge in [0.2, 0.25) is 0 Å². The van der Waals surface area contributed by atoms with Gasteiger partial charge in [0.05, 0.1) is 6.61 Å². The third-order valence-electron chi connectivity index (χ3n) is 4.09. The van der Waals surface area contributed by atoms with Crippen molar-refractivity contribution in [1.29, 1.82) is 0 Å². The van der Waals surface area contributed by atoms with E-state index in [1.165, 1.54) is 0 Å². The summed E-state index contributed by atoms with van der Waals surface area (Å²) in [6, 6.07) is 0. The number of aliphatic imine (C=N–C) groups is 1. The van der Waals surface area contributed by atoms with Crippen molar-refractivity contribution in [2.24, 2.45) is 10.9 Å². The molecule has 0 aromatic carbocycles. The van der Waals surface area contributed by atoms with Gasteiger partial charge in [0.15, 0.2) is 5.96 Å². The van der Waals surface area contributed by atoms with Gasteiger partial charge < -0.3 is 19.9 Å². The minimum absolute atomic E-state index is 0. The van der Waals surface area contributed by atoms with Crippen molar-refractivity contribution in [3.05, 3.63) is 0 Å². The Morgan fingerprint density at radius 1 is 1.09 bits per heavy atom. The summed E-state index contributed by atoms with van der Waals surface area (Å²) in [5.41, 5.74) is 0. The van der Waals surface area contributed by atoms with E-state index in [2.05, 4.69) is 31.0 Å². The van der Waals surface area contributed by atoms with Crippen LogP contribution in [-0.2, 0) is 4.74 Å². The number of ether oxygens (including phenoxy) is 1. The normalized spacial score (nSPS) is 15.4. The number of halogens is 1. The smallest absolute Gasteiger partial charge is 0.409 e. The Morgan fingerprint density at radius 2 is 1.65 bits per heavy atom. The summed E-state index contributed by atoms with van der Waals surface area (Å²) in [5, 5.41) is 3.37. The van der Waals surface area contributed by atoms with Gasteiger partial charge in [-0.25, -0.2) is 4.79 Å². The van der Waals surface area contributed by atoms with Crippen LogP contribution in [0, 0.1) is 5.92 Å². The molecule has 7 heteroatoms. The van der Waals surface area contributed by atoms with E-state index in [9.17, 15) is 4.79 Å².